The zero-order valence-electron chi connectivity index (χ0n) is 33.4. The van der Waals surface area contributed by atoms with Crippen LogP contribution in [0.4, 0.5) is 0 Å². The number of rotatable bonds is 17. The molecule has 1 aliphatic heterocycles. The van der Waals surface area contributed by atoms with Gasteiger partial charge < -0.3 is 20.1 Å². The first kappa shape index (κ1) is 46.3. The van der Waals surface area contributed by atoms with Gasteiger partial charge in [0.05, 0.1) is 6.61 Å². The molecular weight excluding hydrogens is 605 g/mol. The summed E-state index contributed by atoms with van der Waals surface area (Å²) in [6.45, 7) is 25.0. The lowest BCUT2D eigenvalue weighted by molar-refractivity contribution is -0.105. The zero-order valence-corrected chi connectivity index (χ0v) is 33.4. The topological polar surface area (TPSA) is 78.8 Å². The lowest BCUT2D eigenvalue weighted by atomic mass is 9.74. The molecule has 5 nitrogen and oxygen atoms in total. The third kappa shape index (κ3) is 14.6. The minimum Gasteiger partial charge on any atom is -0.492 e. The van der Waals surface area contributed by atoms with E-state index in [0.29, 0.717) is 11.4 Å². The van der Waals surface area contributed by atoms with Gasteiger partial charge in [-0.1, -0.05) is 143 Å². The average molecular weight is 678 g/mol. The van der Waals surface area contributed by atoms with Crippen LogP contribution in [-0.4, -0.2) is 37.1 Å². The van der Waals surface area contributed by atoms with Crippen molar-refractivity contribution in [3.8, 4) is 5.75 Å². The lowest BCUT2D eigenvalue weighted by Gasteiger charge is -2.28. The Morgan fingerprint density at radius 1 is 0.939 bits per heavy atom. The van der Waals surface area contributed by atoms with E-state index in [1.807, 2.05) is 53.0 Å². The quantitative estimate of drug-likeness (QED) is 0.0511. The largest absolute Gasteiger partial charge is 0.492 e. The maximum absolute atomic E-state index is 11.6. The second kappa shape index (κ2) is 26.2. The maximum atomic E-state index is 11.6. The number of benzene rings is 2. The third-order valence-corrected chi connectivity index (χ3v) is 9.50. The van der Waals surface area contributed by atoms with E-state index in [2.05, 4.69) is 72.0 Å². The molecule has 0 saturated carbocycles. The first-order chi connectivity index (χ1) is 23.6. The molecule has 0 aromatic heterocycles. The van der Waals surface area contributed by atoms with Gasteiger partial charge in [-0.05, 0) is 91.4 Å². The Bertz CT molecular complexity index is 1250. The highest BCUT2D eigenvalue weighted by Gasteiger charge is 2.39. The molecule has 2 aromatic rings. The second-order valence-electron chi connectivity index (χ2n) is 13.0. The minimum absolute atomic E-state index is 0.188. The molecule has 49 heavy (non-hydrogen) atoms. The summed E-state index contributed by atoms with van der Waals surface area (Å²) in [4.78, 5) is 11.6. The van der Waals surface area contributed by atoms with E-state index in [0.717, 1.165) is 61.2 Å². The van der Waals surface area contributed by atoms with Crippen molar-refractivity contribution in [2.45, 2.75) is 146 Å². The SMILES string of the molecule is CC.CC.CCCC(C)/C(C)=C(/C=C(/C=O)C(C)CC)c1cccc(B(O)O)c1.CCCCCC1(CCC)COc2ccc(CNC)cc21. The van der Waals surface area contributed by atoms with E-state index in [-0.39, 0.29) is 11.3 Å². The van der Waals surface area contributed by atoms with Crippen molar-refractivity contribution in [3.63, 3.8) is 0 Å². The molecule has 0 bridgehead atoms. The van der Waals surface area contributed by atoms with E-state index in [9.17, 15) is 14.8 Å². The van der Waals surface area contributed by atoms with Crippen LogP contribution in [0.5, 0.6) is 5.75 Å². The highest BCUT2D eigenvalue weighted by molar-refractivity contribution is 6.58. The molecule has 1 heterocycles. The highest BCUT2D eigenvalue weighted by Crippen LogP contribution is 2.45. The van der Waals surface area contributed by atoms with Crippen molar-refractivity contribution >= 4 is 24.4 Å². The van der Waals surface area contributed by atoms with Gasteiger partial charge in [0, 0.05) is 17.5 Å². The summed E-state index contributed by atoms with van der Waals surface area (Å²) in [5.41, 5.74) is 7.46. The molecule has 3 rings (SSSR count). The van der Waals surface area contributed by atoms with E-state index in [4.69, 9.17) is 4.74 Å². The Morgan fingerprint density at radius 2 is 1.63 bits per heavy atom. The van der Waals surface area contributed by atoms with Crippen LogP contribution >= 0.6 is 0 Å². The molecule has 1 aliphatic rings. The molecule has 0 saturated heterocycles. The number of aldehydes is 1. The number of hydrogen-bond acceptors (Lipinski definition) is 5. The first-order valence-corrected chi connectivity index (χ1v) is 19.4. The van der Waals surface area contributed by atoms with Crippen LogP contribution in [0.15, 0.2) is 59.7 Å². The fraction of sp³-hybridized carbons (Fsp3) is 0.605. The number of unbranched alkanes of at least 4 members (excludes halogenated alkanes) is 2. The number of nitrogens with one attached hydrogen (secondary N) is 1. The van der Waals surface area contributed by atoms with Crippen molar-refractivity contribution in [1.82, 2.24) is 5.32 Å². The molecule has 276 valence electrons. The lowest BCUT2D eigenvalue weighted by Crippen LogP contribution is -2.29. The average Bonchev–Trinajstić information content (AvgIpc) is 3.48. The fourth-order valence-electron chi connectivity index (χ4n) is 6.36. The van der Waals surface area contributed by atoms with Crippen molar-refractivity contribution in [2.24, 2.45) is 11.8 Å². The molecule has 0 spiro atoms. The maximum Gasteiger partial charge on any atom is 0.488 e. The van der Waals surface area contributed by atoms with Crippen molar-refractivity contribution in [1.29, 1.82) is 0 Å². The van der Waals surface area contributed by atoms with E-state index in [1.165, 1.54) is 55.2 Å². The van der Waals surface area contributed by atoms with Crippen LogP contribution in [0.1, 0.15) is 151 Å². The van der Waals surface area contributed by atoms with Gasteiger partial charge in [0.2, 0.25) is 0 Å². The summed E-state index contributed by atoms with van der Waals surface area (Å²) >= 11 is 0. The van der Waals surface area contributed by atoms with Crippen molar-refractivity contribution in [3.05, 3.63) is 76.4 Å². The summed E-state index contributed by atoms with van der Waals surface area (Å²) in [6, 6.07) is 14.0. The monoisotopic (exact) mass is 678 g/mol. The Hall–Kier alpha value is -2.67. The Balaban J connectivity index is 0.000000868. The predicted octanol–water partition coefficient (Wildman–Crippen LogP) is 10.2. The Kier molecular flexibility index (Phi) is 24.8. The number of allylic oxidation sites excluding steroid dienone is 4. The summed E-state index contributed by atoms with van der Waals surface area (Å²) in [5, 5.41) is 22.2. The van der Waals surface area contributed by atoms with Gasteiger partial charge in [-0.15, -0.1) is 0 Å². The summed E-state index contributed by atoms with van der Waals surface area (Å²) in [5.74, 6) is 1.70. The van der Waals surface area contributed by atoms with Gasteiger partial charge in [-0.2, -0.15) is 0 Å². The zero-order chi connectivity index (χ0) is 37.4. The second-order valence-corrected chi connectivity index (χ2v) is 13.0. The van der Waals surface area contributed by atoms with Crippen LogP contribution in [0.3, 0.4) is 0 Å². The van der Waals surface area contributed by atoms with Gasteiger partial charge in [0.1, 0.15) is 12.0 Å². The third-order valence-electron chi connectivity index (χ3n) is 9.50. The Labute approximate surface area is 302 Å². The summed E-state index contributed by atoms with van der Waals surface area (Å²) in [7, 11) is 0.503. The predicted molar refractivity (Wildman–Crippen MR) is 215 cm³/mol. The molecule has 6 heteroatoms. The van der Waals surface area contributed by atoms with Crippen LogP contribution in [0, 0.1) is 11.8 Å². The van der Waals surface area contributed by atoms with Crippen LogP contribution in [-0.2, 0) is 16.8 Å². The highest BCUT2D eigenvalue weighted by atomic mass is 16.5. The van der Waals surface area contributed by atoms with Crippen LogP contribution in [0.2, 0.25) is 0 Å². The van der Waals surface area contributed by atoms with E-state index >= 15 is 0 Å². The van der Waals surface area contributed by atoms with Crippen LogP contribution < -0.4 is 15.5 Å². The van der Waals surface area contributed by atoms with Crippen LogP contribution in [0.25, 0.3) is 5.57 Å². The summed E-state index contributed by atoms with van der Waals surface area (Å²) in [6.07, 6.45) is 13.7. The minimum atomic E-state index is -1.50. The number of ether oxygens (including phenoxy) is 1. The molecule has 0 radical (unpaired) electrons. The van der Waals surface area contributed by atoms with Gasteiger partial charge in [0.25, 0.3) is 0 Å². The van der Waals surface area contributed by atoms with Crippen molar-refractivity contribution in [2.75, 3.05) is 13.7 Å². The molecule has 0 aliphatic carbocycles. The van der Waals surface area contributed by atoms with Gasteiger partial charge in [0.15, 0.2) is 0 Å². The Morgan fingerprint density at radius 3 is 2.18 bits per heavy atom. The normalized spacial score (nSPS) is 16.6. The van der Waals surface area contributed by atoms with Gasteiger partial charge in [-0.25, -0.2) is 0 Å². The first-order valence-electron chi connectivity index (χ1n) is 19.4. The molecule has 3 unspecified atom stereocenters. The fourth-order valence-corrected chi connectivity index (χ4v) is 6.36. The van der Waals surface area contributed by atoms with Gasteiger partial charge >= 0.3 is 7.12 Å². The number of fused-ring (bicyclic) bond motifs is 1. The molecular formula is C43H72BNO4. The molecule has 3 N–H and O–H groups in total. The number of carbonyl (C=O) groups is 1. The summed E-state index contributed by atoms with van der Waals surface area (Å²) < 4.78 is 6.01. The number of hydrogen-bond donors (Lipinski definition) is 3. The number of carbonyl (C=O) groups excluding carboxylic acids is 1. The van der Waals surface area contributed by atoms with E-state index < -0.39 is 7.12 Å². The molecule has 0 amide bonds. The van der Waals surface area contributed by atoms with Gasteiger partial charge in [-0.3, -0.25) is 4.79 Å². The molecule has 2 aromatic carbocycles. The van der Waals surface area contributed by atoms with E-state index in [1.54, 1.807) is 12.1 Å². The molecule has 3 atom stereocenters. The van der Waals surface area contributed by atoms with Crippen molar-refractivity contribution < 1.29 is 19.6 Å². The standard InChI is InChI=1S/C21H31BO3.C18H29NO.2C2H6/c1-6-9-16(4)17(5)21(13-19(14-23)15(3)7-2)18-10-8-11-20(12-18)22(24)25;1-4-6-7-11-18(10-5-2)14-20-17-9-8-15(13-19-3)12-16(17)18;2*1-2/h8,10-16,24-25H,6-7,9H2,1-5H3;8-9,12,19H,4-7,10-11,13-14H2,1-3H3;2*1-2H3/b19-13-,21-17-;;;. The smallest absolute Gasteiger partial charge is 0.488 e. The molecule has 0 fully saturated rings.